The van der Waals surface area contributed by atoms with Crippen molar-refractivity contribution in [2.24, 2.45) is 0 Å². The van der Waals surface area contributed by atoms with Crippen LogP contribution < -0.4 is 10.0 Å². The molecule has 19 heavy (non-hydrogen) atoms. The number of amides is 1. The number of carbonyl (C=O) groups is 1. The highest BCUT2D eigenvalue weighted by atomic mass is 32.2. The van der Waals surface area contributed by atoms with Crippen molar-refractivity contribution in [1.29, 1.82) is 0 Å². The molecular formula is C12H16N2O4S. The van der Waals surface area contributed by atoms with Gasteiger partial charge in [-0.25, -0.2) is 8.42 Å². The Morgan fingerprint density at radius 2 is 1.84 bits per heavy atom. The minimum Gasteiger partial charge on any atom is -0.393 e. The Hall–Kier alpha value is -1.60. The summed E-state index contributed by atoms with van der Waals surface area (Å²) in [5.74, 6) is -0.220. The number of aliphatic hydroxyl groups excluding tert-OH is 1. The van der Waals surface area contributed by atoms with Gasteiger partial charge in [-0.1, -0.05) is 0 Å². The highest BCUT2D eigenvalue weighted by molar-refractivity contribution is 7.92. The molecule has 3 N–H and O–H groups in total. The predicted molar refractivity (Wildman–Crippen MR) is 71.4 cm³/mol. The summed E-state index contributed by atoms with van der Waals surface area (Å²) in [5.41, 5.74) is 0.874. The van der Waals surface area contributed by atoms with E-state index in [0.29, 0.717) is 24.1 Å². The van der Waals surface area contributed by atoms with Gasteiger partial charge in [0.15, 0.2) is 0 Å². The third kappa shape index (κ3) is 3.93. The molecule has 0 bridgehead atoms. The highest BCUT2D eigenvalue weighted by Gasteiger charge is 2.28. The van der Waals surface area contributed by atoms with Crippen LogP contribution in [0.4, 0.5) is 5.69 Å². The van der Waals surface area contributed by atoms with Crippen LogP contribution in [0.3, 0.4) is 0 Å². The molecule has 0 aromatic heterocycles. The van der Waals surface area contributed by atoms with Gasteiger partial charge < -0.3 is 10.4 Å². The van der Waals surface area contributed by atoms with Gasteiger partial charge in [0.05, 0.1) is 12.4 Å². The van der Waals surface area contributed by atoms with Gasteiger partial charge in [0.2, 0.25) is 10.0 Å². The van der Waals surface area contributed by atoms with Gasteiger partial charge in [-0.2, -0.15) is 0 Å². The second-order valence-electron chi connectivity index (χ2n) is 4.75. The lowest BCUT2D eigenvalue weighted by Gasteiger charge is -2.31. The molecule has 2 rings (SSSR count). The van der Waals surface area contributed by atoms with Gasteiger partial charge in [-0.15, -0.1) is 0 Å². The van der Waals surface area contributed by atoms with E-state index in [1.807, 2.05) is 0 Å². The fourth-order valence-corrected chi connectivity index (χ4v) is 2.44. The van der Waals surface area contributed by atoms with Crippen molar-refractivity contribution in [1.82, 2.24) is 5.32 Å². The number of anilines is 1. The Labute approximate surface area is 111 Å². The maximum absolute atomic E-state index is 11.8. The molecule has 0 aliphatic heterocycles. The molecule has 0 heterocycles. The molecule has 1 aromatic rings. The van der Waals surface area contributed by atoms with Crippen LogP contribution in [0.5, 0.6) is 0 Å². The molecule has 0 spiro atoms. The summed E-state index contributed by atoms with van der Waals surface area (Å²) in [6.45, 7) is 0. The van der Waals surface area contributed by atoms with E-state index < -0.39 is 10.0 Å². The van der Waals surface area contributed by atoms with Gasteiger partial charge >= 0.3 is 0 Å². The summed E-state index contributed by atoms with van der Waals surface area (Å²) in [4.78, 5) is 11.8. The van der Waals surface area contributed by atoms with Crippen molar-refractivity contribution < 1.29 is 18.3 Å². The molecule has 1 fully saturated rings. The van der Waals surface area contributed by atoms with Gasteiger partial charge in [-0.3, -0.25) is 9.52 Å². The zero-order valence-corrected chi connectivity index (χ0v) is 11.3. The highest BCUT2D eigenvalue weighted by Crippen LogP contribution is 2.20. The number of nitrogens with one attached hydrogen (secondary N) is 2. The number of rotatable bonds is 4. The van der Waals surface area contributed by atoms with E-state index in [1.54, 1.807) is 12.1 Å². The molecule has 6 nitrogen and oxygen atoms in total. The number of benzene rings is 1. The molecule has 7 heteroatoms. The van der Waals surface area contributed by atoms with Crippen molar-refractivity contribution in [2.45, 2.75) is 25.0 Å². The van der Waals surface area contributed by atoms with Crippen LogP contribution in [0.15, 0.2) is 24.3 Å². The van der Waals surface area contributed by atoms with Crippen LogP contribution in [-0.4, -0.2) is 37.8 Å². The lowest BCUT2D eigenvalue weighted by atomic mass is 9.89. The first-order valence-corrected chi connectivity index (χ1v) is 7.79. The Bertz CT molecular complexity index is 562. The zero-order valence-electron chi connectivity index (χ0n) is 10.5. The van der Waals surface area contributed by atoms with Crippen molar-refractivity contribution >= 4 is 21.6 Å². The Morgan fingerprint density at radius 3 is 2.32 bits per heavy atom. The first kappa shape index (κ1) is 13.8. The van der Waals surface area contributed by atoms with E-state index in [-0.39, 0.29) is 18.1 Å². The molecule has 1 amide bonds. The molecule has 0 unspecified atom stereocenters. The molecule has 1 aromatic carbocycles. The summed E-state index contributed by atoms with van der Waals surface area (Å²) < 4.78 is 24.4. The molecule has 0 radical (unpaired) electrons. The van der Waals surface area contributed by atoms with E-state index in [4.69, 9.17) is 5.11 Å². The molecule has 104 valence electrons. The number of carbonyl (C=O) groups excluding carboxylic acids is 1. The Morgan fingerprint density at radius 1 is 1.26 bits per heavy atom. The summed E-state index contributed by atoms with van der Waals surface area (Å²) in [5, 5.41) is 11.9. The van der Waals surface area contributed by atoms with Crippen molar-refractivity contribution in [3.05, 3.63) is 29.8 Å². The lowest BCUT2D eigenvalue weighted by molar-refractivity contribution is 0.0562. The second-order valence-corrected chi connectivity index (χ2v) is 6.50. The van der Waals surface area contributed by atoms with Gasteiger partial charge in [0.1, 0.15) is 0 Å². The minimum absolute atomic E-state index is 0.0244. The number of sulfonamides is 1. The predicted octanol–water partition coefficient (Wildman–Crippen LogP) is 0.311. The topological polar surface area (TPSA) is 95.5 Å². The molecule has 1 aliphatic rings. The lowest BCUT2D eigenvalue weighted by Crippen LogP contribution is -2.46. The largest absolute Gasteiger partial charge is 0.393 e. The molecule has 1 saturated carbocycles. The third-order valence-corrected chi connectivity index (χ3v) is 3.51. The van der Waals surface area contributed by atoms with Crippen LogP contribution >= 0.6 is 0 Å². The summed E-state index contributed by atoms with van der Waals surface area (Å²) >= 11 is 0. The standard InChI is InChI=1S/C12H16N2O4S/c1-19(17,18)14-9-4-2-8(3-5-9)12(16)13-10-6-11(15)7-10/h2-5,10-11,14-15H,6-7H2,1H3,(H,13,16). The summed E-state index contributed by atoms with van der Waals surface area (Å²) in [6.07, 6.45) is 1.92. The maximum Gasteiger partial charge on any atom is 0.251 e. The number of aliphatic hydroxyl groups is 1. The zero-order chi connectivity index (χ0) is 14.0. The van der Waals surface area contributed by atoms with E-state index in [2.05, 4.69) is 10.0 Å². The first-order chi connectivity index (χ1) is 8.83. The maximum atomic E-state index is 11.8. The molecule has 0 saturated heterocycles. The SMILES string of the molecule is CS(=O)(=O)Nc1ccc(C(=O)NC2CC(O)C2)cc1. The van der Waals surface area contributed by atoms with Crippen LogP contribution in [0.1, 0.15) is 23.2 Å². The average molecular weight is 284 g/mol. The molecule has 0 atom stereocenters. The Balaban J connectivity index is 1.96. The van der Waals surface area contributed by atoms with Gasteiger partial charge in [0, 0.05) is 17.3 Å². The monoisotopic (exact) mass is 284 g/mol. The quantitative estimate of drug-likeness (QED) is 0.741. The van der Waals surface area contributed by atoms with Crippen molar-refractivity contribution in [3.8, 4) is 0 Å². The van der Waals surface area contributed by atoms with Crippen LogP contribution in [-0.2, 0) is 10.0 Å². The van der Waals surface area contributed by atoms with E-state index in [0.717, 1.165) is 6.26 Å². The van der Waals surface area contributed by atoms with Crippen molar-refractivity contribution in [3.63, 3.8) is 0 Å². The van der Waals surface area contributed by atoms with E-state index >= 15 is 0 Å². The van der Waals surface area contributed by atoms with Crippen LogP contribution in [0, 0.1) is 0 Å². The molecular weight excluding hydrogens is 268 g/mol. The fourth-order valence-electron chi connectivity index (χ4n) is 1.88. The van der Waals surface area contributed by atoms with E-state index in [9.17, 15) is 13.2 Å². The summed E-state index contributed by atoms with van der Waals surface area (Å²) in [7, 11) is -3.31. The number of hydrogen-bond acceptors (Lipinski definition) is 4. The van der Waals surface area contributed by atoms with E-state index in [1.165, 1.54) is 12.1 Å². The number of hydrogen-bond donors (Lipinski definition) is 3. The van der Waals surface area contributed by atoms with Crippen molar-refractivity contribution in [2.75, 3.05) is 11.0 Å². The second kappa shape index (κ2) is 5.18. The van der Waals surface area contributed by atoms with Gasteiger partial charge in [-0.05, 0) is 37.1 Å². The molecule has 1 aliphatic carbocycles. The van der Waals surface area contributed by atoms with Crippen LogP contribution in [0.2, 0.25) is 0 Å². The average Bonchev–Trinajstić information content (AvgIpc) is 2.25. The fraction of sp³-hybridized carbons (Fsp3) is 0.417. The normalized spacial score (nSPS) is 22.4. The first-order valence-electron chi connectivity index (χ1n) is 5.90. The smallest absolute Gasteiger partial charge is 0.251 e. The Kier molecular flexibility index (Phi) is 3.77. The van der Waals surface area contributed by atoms with Crippen LogP contribution in [0.25, 0.3) is 0 Å². The minimum atomic E-state index is -3.31. The summed E-state index contributed by atoms with van der Waals surface area (Å²) in [6, 6.07) is 6.20. The van der Waals surface area contributed by atoms with Gasteiger partial charge in [0.25, 0.3) is 5.91 Å². The third-order valence-electron chi connectivity index (χ3n) is 2.90.